The van der Waals surface area contributed by atoms with E-state index in [1.807, 2.05) is 0 Å². The third-order valence-corrected chi connectivity index (χ3v) is 2.16. The van der Waals surface area contributed by atoms with Crippen LogP contribution in [0.25, 0.3) is 0 Å². The van der Waals surface area contributed by atoms with Gasteiger partial charge in [-0.15, -0.1) is 0 Å². The summed E-state index contributed by atoms with van der Waals surface area (Å²) in [5, 5.41) is 0. The Morgan fingerprint density at radius 3 is 2.08 bits per heavy atom. The average molecular weight is 190 g/mol. The molecular weight excluding hydrogens is 171 g/mol. The van der Waals surface area contributed by atoms with Gasteiger partial charge in [0.2, 0.25) is 0 Å². The molecule has 0 saturated carbocycles. The molecule has 2 N–H and O–H groups in total. The zero-order valence-electron chi connectivity index (χ0n) is 7.99. The van der Waals surface area contributed by atoms with Gasteiger partial charge in [-0.25, -0.2) is 0 Å². The molecule has 0 aromatic rings. The van der Waals surface area contributed by atoms with E-state index in [2.05, 4.69) is 30.5 Å². The van der Waals surface area contributed by atoms with Crippen LogP contribution in [-0.4, -0.2) is 33.7 Å². The summed E-state index contributed by atoms with van der Waals surface area (Å²) in [4.78, 5) is 0. The maximum Gasteiger partial charge on any atom is -0.870 e. The maximum atomic E-state index is 5.16. The van der Waals surface area contributed by atoms with Gasteiger partial charge in [-0.05, 0) is 0 Å². The van der Waals surface area contributed by atoms with Crippen LogP contribution < -0.4 is 0 Å². The van der Waals surface area contributed by atoms with Gasteiger partial charge in [-0.2, -0.15) is 0 Å². The Hall–Kier alpha value is 0.412. The molecule has 3 nitrogen and oxygen atoms in total. The molecule has 1 atom stereocenters. The number of hydrogen-bond acceptors (Lipinski definition) is 3. The molecule has 0 aromatic heterocycles. The van der Waals surface area contributed by atoms with Crippen LogP contribution in [0.4, 0.5) is 0 Å². The van der Waals surface area contributed by atoms with Gasteiger partial charge < -0.3 is 11.0 Å². The Labute approximate surface area is 83.9 Å². The predicted octanol–water partition coefficient (Wildman–Crippen LogP) is 2.09. The van der Waals surface area contributed by atoms with E-state index in [-0.39, 0.29) is 11.0 Å². The third kappa shape index (κ3) is 10.4. The predicted molar refractivity (Wildman–Crippen MR) is 48.9 cm³/mol. The van der Waals surface area contributed by atoms with Gasteiger partial charge in [-0.3, -0.25) is 0 Å². The van der Waals surface area contributed by atoms with Crippen LogP contribution in [0.2, 0.25) is 0 Å². The van der Waals surface area contributed by atoms with Crippen LogP contribution in [0, 0.1) is 0 Å². The van der Waals surface area contributed by atoms with Crippen LogP contribution in [0.15, 0.2) is 0 Å². The van der Waals surface area contributed by atoms with Crippen molar-refractivity contribution in [1.82, 2.24) is 0 Å². The Balaban J connectivity index is -0.000000405. The Morgan fingerprint density at radius 1 is 1.17 bits per heavy atom. The fraction of sp³-hybridized carbons (Fsp3) is 1.00. The van der Waals surface area contributed by atoms with Crippen molar-refractivity contribution in [3.8, 4) is 0 Å². The topological polar surface area (TPSA) is 69.2 Å². The minimum Gasteiger partial charge on any atom is -0.870 e. The molecule has 1 unspecified atom stereocenters. The second-order valence-electron chi connectivity index (χ2n) is 2.66. The SMILES string of the molecule is CCCCCC(CC)[O][Al+2].[OH-].[OH-]. The van der Waals surface area contributed by atoms with Gasteiger partial charge in [-0.1, -0.05) is 0 Å². The van der Waals surface area contributed by atoms with E-state index in [9.17, 15) is 0 Å². The molecule has 0 saturated heterocycles. The molecule has 0 bridgehead atoms. The molecular formula is C8H19AlO3. The monoisotopic (exact) mass is 190 g/mol. The molecule has 0 rings (SSSR count). The summed E-state index contributed by atoms with van der Waals surface area (Å²) < 4.78 is 5.16. The van der Waals surface area contributed by atoms with Crippen molar-refractivity contribution in [2.24, 2.45) is 0 Å². The van der Waals surface area contributed by atoms with Gasteiger partial charge in [0.25, 0.3) is 0 Å². The smallest absolute Gasteiger partial charge is 0.870 e. The molecule has 0 aliphatic rings. The first-order valence-electron chi connectivity index (χ1n) is 4.20. The zero-order valence-corrected chi connectivity index (χ0v) is 9.15. The molecule has 72 valence electrons. The number of hydrogen-bond donors (Lipinski definition) is 0. The van der Waals surface area contributed by atoms with Crippen molar-refractivity contribution in [1.29, 1.82) is 0 Å². The molecule has 0 aromatic carbocycles. The van der Waals surface area contributed by atoms with Gasteiger partial charge in [0.1, 0.15) is 0 Å². The van der Waals surface area contributed by atoms with Gasteiger partial charge in [0, 0.05) is 0 Å². The molecule has 0 aliphatic carbocycles. The summed E-state index contributed by atoms with van der Waals surface area (Å²) in [5.41, 5.74) is 0. The minimum atomic E-state index is 0. The van der Waals surface area contributed by atoms with Crippen molar-refractivity contribution in [2.45, 2.75) is 52.1 Å². The van der Waals surface area contributed by atoms with E-state index in [1.54, 1.807) is 0 Å². The molecule has 0 heterocycles. The average Bonchev–Trinajstić information content (AvgIpc) is 1.99. The fourth-order valence-electron chi connectivity index (χ4n) is 0.990. The largest absolute Gasteiger partial charge is 0.870 e. The van der Waals surface area contributed by atoms with Crippen molar-refractivity contribution in [2.75, 3.05) is 0 Å². The van der Waals surface area contributed by atoms with Gasteiger partial charge in [0.15, 0.2) is 0 Å². The van der Waals surface area contributed by atoms with Crippen LogP contribution >= 0.6 is 0 Å². The van der Waals surface area contributed by atoms with Crippen LogP contribution in [0.5, 0.6) is 0 Å². The van der Waals surface area contributed by atoms with E-state index >= 15 is 0 Å². The second-order valence-corrected chi connectivity index (χ2v) is 2.93. The van der Waals surface area contributed by atoms with E-state index in [0.717, 1.165) is 6.42 Å². The third-order valence-electron chi connectivity index (χ3n) is 1.78. The maximum absolute atomic E-state index is 5.16. The first-order chi connectivity index (χ1) is 4.85. The summed E-state index contributed by atoms with van der Waals surface area (Å²) >= 11 is 2.35. The summed E-state index contributed by atoms with van der Waals surface area (Å²) in [6.07, 6.45) is 6.76. The summed E-state index contributed by atoms with van der Waals surface area (Å²) in [6, 6.07) is 0. The van der Waals surface area contributed by atoms with Crippen molar-refractivity contribution < 1.29 is 14.7 Å². The number of rotatable bonds is 6. The van der Waals surface area contributed by atoms with E-state index in [1.165, 1.54) is 25.7 Å². The Kier molecular flexibility index (Phi) is 21.2. The molecule has 0 fully saturated rings. The number of unbranched alkanes of at least 4 members (excludes halogenated alkanes) is 2. The standard InChI is InChI=1S/C8H17O.Al.2H2O/c1-3-5-6-7-8(9)4-2;;;/h8H,3-7H2,1-2H3;;2*1H2/q-1;+3;;/p-2. The van der Waals surface area contributed by atoms with Crippen LogP contribution in [-0.2, 0) is 3.79 Å². The molecule has 12 heavy (non-hydrogen) atoms. The Bertz CT molecular complexity index is 67.3. The van der Waals surface area contributed by atoms with Crippen LogP contribution in [0.3, 0.4) is 0 Å². The first-order valence-corrected chi connectivity index (χ1v) is 4.67. The molecule has 0 spiro atoms. The van der Waals surface area contributed by atoms with Crippen molar-refractivity contribution in [3.05, 3.63) is 0 Å². The van der Waals surface area contributed by atoms with E-state index in [0.29, 0.717) is 6.10 Å². The molecule has 0 aliphatic heterocycles. The van der Waals surface area contributed by atoms with Gasteiger partial charge >= 0.3 is 72.5 Å². The summed E-state index contributed by atoms with van der Waals surface area (Å²) in [7, 11) is 0. The molecule has 0 radical (unpaired) electrons. The minimum absolute atomic E-state index is 0. The Morgan fingerprint density at radius 2 is 1.75 bits per heavy atom. The van der Waals surface area contributed by atoms with E-state index < -0.39 is 0 Å². The van der Waals surface area contributed by atoms with Crippen molar-refractivity contribution >= 4 is 16.6 Å². The van der Waals surface area contributed by atoms with Crippen LogP contribution in [0.1, 0.15) is 46.0 Å². The quantitative estimate of drug-likeness (QED) is 0.475. The molecule has 0 amide bonds. The van der Waals surface area contributed by atoms with E-state index in [4.69, 9.17) is 3.79 Å². The van der Waals surface area contributed by atoms with Crippen molar-refractivity contribution in [3.63, 3.8) is 0 Å². The first kappa shape index (κ1) is 18.2. The summed E-state index contributed by atoms with van der Waals surface area (Å²) in [5.74, 6) is 0. The fourth-order valence-corrected chi connectivity index (χ4v) is 1.32. The second kappa shape index (κ2) is 14.0. The zero-order chi connectivity index (χ0) is 7.82. The summed E-state index contributed by atoms with van der Waals surface area (Å²) in [6.45, 7) is 4.39. The molecule has 4 heteroatoms. The normalized spacial score (nSPS) is 11.3. The van der Waals surface area contributed by atoms with Gasteiger partial charge in [0.05, 0.1) is 0 Å².